The number of nitrogens with zero attached hydrogens (tertiary/aromatic N) is 1. The molecule has 2 N–H and O–H groups in total. The number of hydrogen-bond acceptors (Lipinski definition) is 3. The minimum absolute atomic E-state index is 0.157. The predicted molar refractivity (Wildman–Crippen MR) is 68.8 cm³/mol. The molecule has 0 amide bonds. The van der Waals surface area contributed by atoms with E-state index in [1.807, 2.05) is 19.9 Å². The third-order valence-corrected chi connectivity index (χ3v) is 2.73. The monoisotopic (exact) mass is 264 g/mol. The van der Waals surface area contributed by atoms with Crippen LogP contribution in [0.5, 0.6) is 0 Å². The van der Waals surface area contributed by atoms with E-state index in [9.17, 15) is 9.18 Å². The largest absolute Gasteiger partial charge is 0.480 e. The highest BCUT2D eigenvalue weighted by Gasteiger charge is 2.18. The molecule has 0 saturated heterocycles. The van der Waals surface area contributed by atoms with Gasteiger partial charge in [0.1, 0.15) is 11.9 Å². The number of rotatable bonds is 6. The standard InChI is InChI=1S/C14H17FN2O2/c1-9(2)5-13(14(18)19)17-8-11-6-12(15)4-3-10(11)7-16/h3-4,6,9,13,17H,5,8H2,1-2H3,(H,18,19). The summed E-state index contributed by atoms with van der Waals surface area (Å²) in [5.74, 6) is -1.15. The van der Waals surface area contributed by atoms with Crippen LogP contribution in [0.2, 0.25) is 0 Å². The topological polar surface area (TPSA) is 73.1 Å². The molecule has 0 spiro atoms. The molecule has 1 aromatic rings. The first-order valence-electron chi connectivity index (χ1n) is 6.08. The van der Waals surface area contributed by atoms with Crippen molar-refractivity contribution in [2.45, 2.75) is 32.9 Å². The molecule has 0 aliphatic rings. The molecule has 0 heterocycles. The van der Waals surface area contributed by atoms with Gasteiger partial charge in [0, 0.05) is 6.54 Å². The molecule has 4 nitrogen and oxygen atoms in total. The molecule has 5 heteroatoms. The summed E-state index contributed by atoms with van der Waals surface area (Å²) in [4.78, 5) is 11.1. The number of carbonyl (C=O) groups is 1. The normalized spacial score (nSPS) is 12.2. The zero-order valence-corrected chi connectivity index (χ0v) is 11.0. The van der Waals surface area contributed by atoms with Gasteiger partial charge in [-0.25, -0.2) is 4.39 Å². The van der Waals surface area contributed by atoms with Crippen molar-refractivity contribution in [1.82, 2.24) is 5.32 Å². The summed E-state index contributed by atoms with van der Waals surface area (Å²) in [5, 5.41) is 20.8. The number of nitrogens with one attached hydrogen (secondary N) is 1. The van der Waals surface area contributed by atoms with Crippen molar-refractivity contribution in [1.29, 1.82) is 5.26 Å². The third-order valence-electron chi connectivity index (χ3n) is 2.73. The van der Waals surface area contributed by atoms with Crippen LogP contribution >= 0.6 is 0 Å². The highest BCUT2D eigenvalue weighted by molar-refractivity contribution is 5.73. The lowest BCUT2D eigenvalue weighted by atomic mass is 10.0. The summed E-state index contributed by atoms with van der Waals surface area (Å²) in [6.45, 7) is 4.02. The average molecular weight is 264 g/mol. The Morgan fingerprint density at radius 3 is 2.74 bits per heavy atom. The van der Waals surface area contributed by atoms with Gasteiger partial charge in [-0.2, -0.15) is 5.26 Å². The van der Waals surface area contributed by atoms with Crippen LogP contribution in [-0.2, 0) is 11.3 Å². The van der Waals surface area contributed by atoms with E-state index in [2.05, 4.69) is 5.32 Å². The van der Waals surface area contributed by atoms with E-state index in [1.54, 1.807) is 0 Å². The molecule has 1 aromatic carbocycles. The molecule has 102 valence electrons. The van der Waals surface area contributed by atoms with Gasteiger partial charge in [-0.15, -0.1) is 0 Å². The Morgan fingerprint density at radius 1 is 1.53 bits per heavy atom. The number of halogens is 1. The third kappa shape index (κ3) is 4.68. The molecular formula is C14H17FN2O2. The number of nitriles is 1. The Kier molecular flexibility index (Phi) is 5.46. The zero-order valence-electron chi connectivity index (χ0n) is 11.0. The predicted octanol–water partition coefficient (Wildman–Crippen LogP) is 2.29. The molecule has 0 radical (unpaired) electrons. The second-order valence-electron chi connectivity index (χ2n) is 4.81. The highest BCUT2D eigenvalue weighted by Crippen LogP contribution is 2.12. The van der Waals surface area contributed by atoms with E-state index in [0.717, 1.165) is 0 Å². The summed E-state index contributed by atoms with van der Waals surface area (Å²) < 4.78 is 13.1. The Morgan fingerprint density at radius 2 is 2.21 bits per heavy atom. The highest BCUT2D eigenvalue weighted by atomic mass is 19.1. The fourth-order valence-corrected chi connectivity index (χ4v) is 1.79. The van der Waals surface area contributed by atoms with Crippen molar-refractivity contribution in [2.24, 2.45) is 5.92 Å². The molecule has 1 unspecified atom stereocenters. The van der Waals surface area contributed by atoms with Gasteiger partial charge in [0.05, 0.1) is 11.6 Å². The van der Waals surface area contributed by atoms with Crippen LogP contribution in [-0.4, -0.2) is 17.1 Å². The minimum Gasteiger partial charge on any atom is -0.480 e. The van der Waals surface area contributed by atoms with E-state index in [4.69, 9.17) is 10.4 Å². The first kappa shape index (κ1) is 15.1. The maximum Gasteiger partial charge on any atom is 0.320 e. The van der Waals surface area contributed by atoms with E-state index < -0.39 is 17.8 Å². The van der Waals surface area contributed by atoms with Crippen LogP contribution in [0, 0.1) is 23.1 Å². The second kappa shape index (κ2) is 6.86. The van der Waals surface area contributed by atoms with Crippen molar-refractivity contribution in [3.8, 4) is 6.07 Å². The molecule has 19 heavy (non-hydrogen) atoms. The molecule has 0 fully saturated rings. The Bertz CT molecular complexity index is 495. The van der Waals surface area contributed by atoms with Crippen LogP contribution in [0.3, 0.4) is 0 Å². The minimum atomic E-state index is -0.941. The van der Waals surface area contributed by atoms with Crippen molar-refractivity contribution in [3.05, 3.63) is 35.1 Å². The molecular weight excluding hydrogens is 247 g/mol. The summed E-state index contributed by atoms with van der Waals surface area (Å²) in [6, 6.07) is 5.12. The van der Waals surface area contributed by atoms with Crippen LogP contribution in [0.1, 0.15) is 31.4 Å². The molecule has 0 aliphatic carbocycles. The quantitative estimate of drug-likeness (QED) is 0.826. The van der Waals surface area contributed by atoms with Gasteiger partial charge in [0.15, 0.2) is 0 Å². The number of benzene rings is 1. The van der Waals surface area contributed by atoms with Crippen molar-refractivity contribution in [2.75, 3.05) is 0 Å². The summed E-state index contributed by atoms with van der Waals surface area (Å²) in [5.41, 5.74) is 0.820. The van der Waals surface area contributed by atoms with Crippen LogP contribution in [0.15, 0.2) is 18.2 Å². The van der Waals surface area contributed by atoms with Gasteiger partial charge >= 0.3 is 5.97 Å². The number of carboxylic acids is 1. The second-order valence-corrected chi connectivity index (χ2v) is 4.81. The molecule has 0 aromatic heterocycles. The number of hydrogen-bond donors (Lipinski definition) is 2. The first-order valence-corrected chi connectivity index (χ1v) is 6.08. The SMILES string of the molecule is CC(C)CC(NCc1cc(F)ccc1C#N)C(=O)O. The van der Waals surface area contributed by atoms with Gasteiger partial charge in [-0.3, -0.25) is 4.79 Å². The molecule has 0 aliphatic heterocycles. The fourth-order valence-electron chi connectivity index (χ4n) is 1.79. The summed E-state index contributed by atoms with van der Waals surface area (Å²) in [6.07, 6.45) is 0.479. The van der Waals surface area contributed by atoms with E-state index in [1.165, 1.54) is 18.2 Å². The lowest BCUT2D eigenvalue weighted by molar-refractivity contribution is -0.140. The Hall–Kier alpha value is -1.93. The average Bonchev–Trinajstić information content (AvgIpc) is 2.34. The van der Waals surface area contributed by atoms with Crippen molar-refractivity contribution < 1.29 is 14.3 Å². The van der Waals surface area contributed by atoms with Crippen LogP contribution in [0.4, 0.5) is 4.39 Å². The lowest BCUT2D eigenvalue weighted by Gasteiger charge is -2.16. The van der Waals surface area contributed by atoms with Gasteiger partial charge in [-0.05, 0) is 36.1 Å². The van der Waals surface area contributed by atoms with E-state index >= 15 is 0 Å². The number of aliphatic carboxylic acids is 1. The summed E-state index contributed by atoms with van der Waals surface area (Å²) in [7, 11) is 0. The first-order chi connectivity index (χ1) is 8.93. The van der Waals surface area contributed by atoms with Gasteiger partial charge in [-0.1, -0.05) is 13.8 Å². The van der Waals surface area contributed by atoms with Crippen molar-refractivity contribution in [3.63, 3.8) is 0 Å². The van der Waals surface area contributed by atoms with Crippen LogP contribution < -0.4 is 5.32 Å². The smallest absolute Gasteiger partial charge is 0.320 e. The molecule has 1 rings (SSSR count). The van der Waals surface area contributed by atoms with E-state index in [-0.39, 0.29) is 12.5 Å². The summed E-state index contributed by atoms with van der Waals surface area (Å²) >= 11 is 0. The Labute approximate surface area is 111 Å². The van der Waals surface area contributed by atoms with Crippen molar-refractivity contribution >= 4 is 5.97 Å². The maximum atomic E-state index is 13.1. The number of carboxylic acid groups (broad SMARTS) is 1. The van der Waals surface area contributed by atoms with Gasteiger partial charge < -0.3 is 10.4 Å². The molecule has 0 bridgehead atoms. The maximum absolute atomic E-state index is 13.1. The fraction of sp³-hybridized carbons (Fsp3) is 0.429. The van der Waals surface area contributed by atoms with Gasteiger partial charge in [0.25, 0.3) is 0 Å². The van der Waals surface area contributed by atoms with E-state index in [0.29, 0.717) is 17.5 Å². The van der Waals surface area contributed by atoms with Crippen LogP contribution in [0.25, 0.3) is 0 Å². The Balaban J connectivity index is 2.77. The van der Waals surface area contributed by atoms with Gasteiger partial charge in [0.2, 0.25) is 0 Å². The molecule has 0 saturated carbocycles. The zero-order chi connectivity index (χ0) is 14.4. The lowest BCUT2D eigenvalue weighted by Crippen LogP contribution is -2.37. The molecule has 1 atom stereocenters.